The van der Waals surface area contributed by atoms with Crippen molar-refractivity contribution in [3.63, 3.8) is 0 Å². The van der Waals surface area contributed by atoms with Crippen molar-refractivity contribution < 1.29 is 4.74 Å². The number of nitrogens with zero attached hydrogens (tertiary/aromatic N) is 1. The molecule has 0 aromatic carbocycles. The quantitative estimate of drug-likeness (QED) is 0.489. The SMILES string of the molecule is N#C/C=C\[C@H]1CCOC1. The summed E-state index contributed by atoms with van der Waals surface area (Å²) in [5.41, 5.74) is 0. The second-order valence-corrected chi connectivity index (χ2v) is 2.11. The molecule has 0 bridgehead atoms. The van der Waals surface area contributed by atoms with Gasteiger partial charge < -0.3 is 4.74 Å². The summed E-state index contributed by atoms with van der Waals surface area (Å²) in [5, 5.41) is 8.15. The summed E-state index contributed by atoms with van der Waals surface area (Å²) in [6.07, 6.45) is 4.50. The highest BCUT2D eigenvalue weighted by Gasteiger charge is 2.10. The molecule has 1 atom stereocenters. The van der Waals surface area contributed by atoms with Crippen LogP contribution >= 0.6 is 0 Å². The van der Waals surface area contributed by atoms with Gasteiger partial charge in [0, 0.05) is 18.6 Å². The van der Waals surface area contributed by atoms with Crippen LogP contribution < -0.4 is 0 Å². The zero-order valence-electron chi connectivity index (χ0n) is 5.21. The number of hydrogen-bond acceptors (Lipinski definition) is 2. The van der Waals surface area contributed by atoms with Gasteiger partial charge in [-0.25, -0.2) is 0 Å². The minimum absolute atomic E-state index is 0.490. The molecule has 9 heavy (non-hydrogen) atoms. The van der Waals surface area contributed by atoms with Gasteiger partial charge in [-0.05, 0) is 6.42 Å². The lowest BCUT2D eigenvalue weighted by Gasteiger charge is -1.93. The van der Waals surface area contributed by atoms with Crippen molar-refractivity contribution >= 4 is 0 Å². The Morgan fingerprint density at radius 1 is 1.67 bits per heavy atom. The van der Waals surface area contributed by atoms with Gasteiger partial charge in [0.1, 0.15) is 0 Å². The van der Waals surface area contributed by atoms with Crippen molar-refractivity contribution in [3.8, 4) is 6.07 Å². The number of allylic oxidation sites excluding steroid dienone is 1. The Hall–Kier alpha value is -0.810. The summed E-state index contributed by atoms with van der Waals surface area (Å²) in [4.78, 5) is 0. The van der Waals surface area contributed by atoms with Gasteiger partial charge in [0.05, 0.1) is 12.7 Å². The van der Waals surface area contributed by atoms with E-state index >= 15 is 0 Å². The summed E-state index contributed by atoms with van der Waals surface area (Å²) in [7, 11) is 0. The molecule has 0 unspecified atom stereocenters. The Bertz CT molecular complexity index is 139. The lowest BCUT2D eigenvalue weighted by atomic mass is 10.1. The third kappa shape index (κ3) is 1.87. The fraction of sp³-hybridized carbons (Fsp3) is 0.571. The van der Waals surface area contributed by atoms with Crippen LogP contribution in [0.5, 0.6) is 0 Å². The highest BCUT2D eigenvalue weighted by Crippen LogP contribution is 2.12. The topological polar surface area (TPSA) is 33.0 Å². The molecule has 1 aliphatic heterocycles. The Labute approximate surface area is 54.7 Å². The van der Waals surface area contributed by atoms with E-state index in [1.54, 1.807) is 0 Å². The molecule has 1 rings (SSSR count). The molecule has 0 aliphatic carbocycles. The van der Waals surface area contributed by atoms with Crippen molar-refractivity contribution in [1.82, 2.24) is 0 Å². The zero-order valence-corrected chi connectivity index (χ0v) is 5.21. The summed E-state index contributed by atoms with van der Waals surface area (Å²) in [6, 6.07) is 1.96. The molecule has 0 aromatic heterocycles. The normalized spacial score (nSPS) is 26.8. The van der Waals surface area contributed by atoms with Crippen LogP contribution in [-0.4, -0.2) is 13.2 Å². The van der Waals surface area contributed by atoms with E-state index in [0.29, 0.717) is 5.92 Å². The Morgan fingerprint density at radius 2 is 2.56 bits per heavy atom. The van der Waals surface area contributed by atoms with Crippen LogP contribution in [0, 0.1) is 17.2 Å². The molecule has 0 spiro atoms. The maximum absolute atomic E-state index is 8.15. The predicted molar refractivity (Wildman–Crippen MR) is 33.7 cm³/mol. The van der Waals surface area contributed by atoms with Crippen molar-refractivity contribution in [3.05, 3.63) is 12.2 Å². The van der Waals surface area contributed by atoms with E-state index in [4.69, 9.17) is 10.00 Å². The van der Waals surface area contributed by atoms with E-state index in [1.165, 1.54) is 6.08 Å². The van der Waals surface area contributed by atoms with E-state index in [0.717, 1.165) is 19.6 Å². The van der Waals surface area contributed by atoms with Crippen LogP contribution in [0.25, 0.3) is 0 Å². The largest absolute Gasteiger partial charge is 0.381 e. The first-order valence-corrected chi connectivity index (χ1v) is 3.07. The van der Waals surface area contributed by atoms with E-state index in [9.17, 15) is 0 Å². The second kappa shape index (κ2) is 3.26. The van der Waals surface area contributed by atoms with Gasteiger partial charge >= 0.3 is 0 Å². The first-order valence-electron chi connectivity index (χ1n) is 3.07. The smallest absolute Gasteiger partial charge is 0.0908 e. The number of hydrogen-bond donors (Lipinski definition) is 0. The van der Waals surface area contributed by atoms with Gasteiger partial charge in [0.2, 0.25) is 0 Å². The number of nitriles is 1. The van der Waals surface area contributed by atoms with Crippen LogP contribution in [0.2, 0.25) is 0 Å². The minimum Gasteiger partial charge on any atom is -0.381 e. The van der Waals surface area contributed by atoms with E-state index in [-0.39, 0.29) is 0 Å². The van der Waals surface area contributed by atoms with E-state index in [2.05, 4.69) is 0 Å². The minimum atomic E-state index is 0.490. The highest BCUT2D eigenvalue weighted by molar-refractivity contribution is 5.04. The van der Waals surface area contributed by atoms with Gasteiger partial charge in [-0.1, -0.05) is 6.08 Å². The molecule has 2 heteroatoms. The molecule has 48 valence electrons. The molecule has 1 saturated heterocycles. The Morgan fingerprint density at radius 3 is 3.11 bits per heavy atom. The highest BCUT2D eigenvalue weighted by atomic mass is 16.5. The standard InChI is InChI=1S/C7H9NO/c8-4-1-2-7-3-5-9-6-7/h1-2,7H,3,5-6H2/b2-1-/t7-/m0/s1. The molecule has 1 fully saturated rings. The third-order valence-corrected chi connectivity index (χ3v) is 1.41. The molecule has 0 radical (unpaired) electrons. The van der Waals surface area contributed by atoms with Gasteiger partial charge in [-0.3, -0.25) is 0 Å². The monoisotopic (exact) mass is 123 g/mol. The van der Waals surface area contributed by atoms with Crippen molar-refractivity contribution in [2.45, 2.75) is 6.42 Å². The summed E-state index contributed by atoms with van der Waals surface area (Å²) in [6.45, 7) is 1.64. The van der Waals surface area contributed by atoms with E-state index in [1.807, 2.05) is 12.1 Å². The second-order valence-electron chi connectivity index (χ2n) is 2.11. The van der Waals surface area contributed by atoms with Gasteiger partial charge in [-0.2, -0.15) is 5.26 Å². The molecule has 2 nitrogen and oxygen atoms in total. The van der Waals surface area contributed by atoms with Gasteiger partial charge in [0.25, 0.3) is 0 Å². The predicted octanol–water partition coefficient (Wildman–Crippen LogP) is 1.10. The Kier molecular flexibility index (Phi) is 2.29. The first kappa shape index (κ1) is 6.31. The van der Waals surface area contributed by atoms with Crippen molar-refractivity contribution in [1.29, 1.82) is 5.26 Å². The molecule has 0 aromatic rings. The summed E-state index contributed by atoms with van der Waals surface area (Å²) in [5.74, 6) is 0.490. The van der Waals surface area contributed by atoms with Gasteiger partial charge in [-0.15, -0.1) is 0 Å². The molecule has 0 N–H and O–H groups in total. The lowest BCUT2D eigenvalue weighted by Crippen LogP contribution is -1.92. The zero-order chi connectivity index (χ0) is 6.53. The molecule has 1 heterocycles. The fourth-order valence-corrected chi connectivity index (χ4v) is 0.884. The molecular formula is C7H9NO. The first-order chi connectivity index (χ1) is 4.43. The third-order valence-electron chi connectivity index (χ3n) is 1.41. The Balaban J connectivity index is 2.28. The van der Waals surface area contributed by atoms with Crippen molar-refractivity contribution in [2.24, 2.45) is 5.92 Å². The van der Waals surface area contributed by atoms with Crippen LogP contribution in [0.4, 0.5) is 0 Å². The lowest BCUT2D eigenvalue weighted by molar-refractivity contribution is 0.191. The molecule has 0 saturated carbocycles. The summed E-state index contributed by atoms with van der Waals surface area (Å²) < 4.78 is 5.09. The van der Waals surface area contributed by atoms with Gasteiger partial charge in [0.15, 0.2) is 0 Å². The maximum Gasteiger partial charge on any atom is 0.0908 e. The number of ether oxygens (including phenoxy) is 1. The molecule has 1 aliphatic rings. The van der Waals surface area contributed by atoms with Crippen LogP contribution in [0.1, 0.15) is 6.42 Å². The maximum atomic E-state index is 8.15. The van der Waals surface area contributed by atoms with Crippen LogP contribution in [0.15, 0.2) is 12.2 Å². The van der Waals surface area contributed by atoms with Crippen molar-refractivity contribution in [2.75, 3.05) is 13.2 Å². The molecule has 0 amide bonds. The van der Waals surface area contributed by atoms with Crippen LogP contribution in [-0.2, 0) is 4.74 Å². The fourth-order valence-electron chi connectivity index (χ4n) is 0.884. The van der Waals surface area contributed by atoms with Crippen LogP contribution in [0.3, 0.4) is 0 Å². The molecular weight excluding hydrogens is 114 g/mol. The van der Waals surface area contributed by atoms with E-state index < -0.39 is 0 Å². The summed E-state index contributed by atoms with van der Waals surface area (Å²) >= 11 is 0. The number of rotatable bonds is 1. The average molecular weight is 123 g/mol. The average Bonchev–Trinajstić information content (AvgIpc) is 2.34.